The molecule has 0 radical (unpaired) electrons. The van der Waals surface area contributed by atoms with E-state index in [1.807, 2.05) is 45.0 Å². The Kier molecular flexibility index (Phi) is 3.80. The van der Waals surface area contributed by atoms with E-state index in [-0.39, 0.29) is 17.0 Å². The highest BCUT2D eigenvalue weighted by atomic mass is 16.3. The minimum atomic E-state index is -0.177. The van der Waals surface area contributed by atoms with Crippen LogP contribution in [0.15, 0.2) is 35.6 Å². The summed E-state index contributed by atoms with van der Waals surface area (Å²) in [5, 5.41) is 10.2. The molecule has 1 aliphatic rings. The minimum absolute atomic E-state index is 0.00615. The van der Waals surface area contributed by atoms with Crippen LogP contribution in [0.5, 0.6) is 0 Å². The maximum absolute atomic E-state index is 12.3. The molecule has 0 saturated heterocycles. The van der Waals surface area contributed by atoms with Crippen molar-refractivity contribution in [1.82, 2.24) is 9.97 Å². The number of fused-ring (bicyclic) bond motifs is 1. The molecule has 0 fully saturated rings. The van der Waals surface area contributed by atoms with Crippen LogP contribution in [-0.4, -0.2) is 26.6 Å². The Balaban J connectivity index is 1.83. The normalized spacial score (nSPS) is 18.7. The Labute approximate surface area is 135 Å². The molecule has 0 unspecified atom stereocenters. The average molecular weight is 312 g/mol. The van der Waals surface area contributed by atoms with E-state index < -0.39 is 0 Å². The second kappa shape index (κ2) is 5.65. The van der Waals surface area contributed by atoms with Crippen molar-refractivity contribution in [3.05, 3.63) is 41.4 Å². The van der Waals surface area contributed by atoms with Crippen LogP contribution in [0.25, 0.3) is 11.0 Å². The van der Waals surface area contributed by atoms with Crippen LogP contribution >= 0.6 is 0 Å². The molecule has 0 atom stereocenters. The van der Waals surface area contributed by atoms with Crippen molar-refractivity contribution in [3.63, 3.8) is 0 Å². The monoisotopic (exact) mass is 312 g/mol. The third kappa shape index (κ3) is 3.18. The van der Waals surface area contributed by atoms with Gasteiger partial charge in [-0.1, -0.05) is 26.0 Å². The van der Waals surface area contributed by atoms with Crippen LogP contribution in [-0.2, 0) is 11.3 Å². The first-order chi connectivity index (χ1) is 10.9. The van der Waals surface area contributed by atoms with Gasteiger partial charge in [0.2, 0.25) is 0 Å². The lowest BCUT2D eigenvalue weighted by atomic mass is 9.76. The van der Waals surface area contributed by atoms with Crippen molar-refractivity contribution in [3.8, 4) is 0 Å². The summed E-state index contributed by atoms with van der Waals surface area (Å²) >= 11 is 0. The number of hydrogen-bond acceptors (Lipinski definition) is 3. The van der Waals surface area contributed by atoms with Crippen molar-refractivity contribution in [2.75, 3.05) is 0 Å². The highest BCUT2D eigenvalue weighted by Gasteiger charge is 2.35. The lowest BCUT2D eigenvalue weighted by molar-refractivity contribution is -0.476. The summed E-state index contributed by atoms with van der Waals surface area (Å²) in [6.45, 7) is 6.29. The first-order valence-electron chi connectivity index (χ1n) is 7.82. The van der Waals surface area contributed by atoms with Crippen molar-refractivity contribution in [2.24, 2.45) is 5.41 Å². The van der Waals surface area contributed by atoms with Gasteiger partial charge in [0.15, 0.2) is 23.9 Å². The number of nitrogens with zero attached hydrogens (tertiary/aromatic N) is 1. The molecular formula is C18H22N3O2+. The summed E-state index contributed by atoms with van der Waals surface area (Å²) in [5.41, 5.74) is 2.85. The van der Waals surface area contributed by atoms with Crippen molar-refractivity contribution in [2.45, 2.75) is 40.2 Å². The fourth-order valence-electron chi connectivity index (χ4n) is 3.11. The molecule has 1 heterocycles. The Hall–Kier alpha value is -2.43. The number of allylic oxidation sites excluding steroid dienone is 2. The average Bonchev–Trinajstić information content (AvgIpc) is 2.85. The molecule has 0 saturated carbocycles. The van der Waals surface area contributed by atoms with Gasteiger partial charge in [-0.15, -0.1) is 0 Å². The van der Waals surface area contributed by atoms with E-state index in [1.165, 1.54) is 0 Å². The molecule has 5 nitrogen and oxygen atoms in total. The number of carbonyl (C=O) groups excluding carboxylic acids is 1. The molecule has 0 amide bonds. The number of hydrogen-bond donors (Lipinski definition) is 3. The second-order valence-electron chi connectivity index (χ2n) is 6.94. The fraction of sp³-hybridized carbons (Fsp3) is 0.389. The zero-order chi connectivity index (χ0) is 16.6. The van der Waals surface area contributed by atoms with Crippen LogP contribution in [0.2, 0.25) is 0 Å². The summed E-state index contributed by atoms with van der Waals surface area (Å²) in [7, 11) is 0. The van der Waals surface area contributed by atoms with Gasteiger partial charge in [-0.05, 0) is 17.5 Å². The number of aromatic nitrogens is 2. The molecule has 3 N–H and O–H groups in total. The molecule has 1 aromatic heterocycles. The van der Waals surface area contributed by atoms with Gasteiger partial charge < -0.3 is 10.1 Å². The number of benzene rings is 1. The van der Waals surface area contributed by atoms with E-state index in [9.17, 15) is 9.90 Å². The Morgan fingerprint density at radius 2 is 2.09 bits per heavy atom. The van der Waals surface area contributed by atoms with Crippen LogP contribution < -0.4 is 4.99 Å². The highest BCUT2D eigenvalue weighted by molar-refractivity contribution is 6.20. The van der Waals surface area contributed by atoms with Crippen LogP contribution in [0, 0.1) is 5.41 Å². The Bertz CT molecular complexity index is 795. The summed E-state index contributed by atoms with van der Waals surface area (Å²) < 4.78 is 0. The van der Waals surface area contributed by atoms with Gasteiger partial charge in [-0.2, -0.15) is 0 Å². The van der Waals surface area contributed by atoms with Gasteiger partial charge in [-0.25, -0.2) is 9.98 Å². The van der Waals surface area contributed by atoms with Gasteiger partial charge in [0.1, 0.15) is 11.3 Å². The third-order valence-corrected chi connectivity index (χ3v) is 4.19. The van der Waals surface area contributed by atoms with Crippen molar-refractivity contribution in [1.29, 1.82) is 0 Å². The number of para-hydroxylation sites is 2. The third-order valence-electron chi connectivity index (χ3n) is 4.19. The lowest BCUT2D eigenvalue weighted by Crippen LogP contribution is -2.71. The number of imidazole rings is 1. The van der Waals surface area contributed by atoms with E-state index in [2.05, 4.69) is 15.0 Å². The molecule has 1 aliphatic carbocycles. The van der Waals surface area contributed by atoms with Gasteiger partial charge in [0.05, 0.1) is 11.0 Å². The van der Waals surface area contributed by atoms with E-state index in [1.54, 1.807) is 0 Å². The first-order valence-corrected chi connectivity index (χ1v) is 7.82. The number of H-pyrrole nitrogens is 1. The lowest BCUT2D eigenvalue weighted by Gasteiger charge is -2.28. The minimum Gasteiger partial charge on any atom is -0.511 e. The van der Waals surface area contributed by atoms with Crippen LogP contribution in [0.3, 0.4) is 0 Å². The van der Waals surface area contributed by atoms with Crippen LogP contribution in [0.4, 0.5) is 0 Å². The molecule has 2 aromatic rings. The van der Waals surface area contributed by atoms with E-state index in [0.29, 0.717) is 30.7 Å². The summed E-state index contributed by atoms with van der Waals surface area (Å²) in [5.74, 6) is 0.975. The smallest absolute Gasteiger partial charge is 0.198 e. The van der Waals surface area contributed by atoms with E-state index in [4.69, 9.17) is 0 Å². The molecule has 3 rings (SSSR count). The summed E-state index contributed by atoms with van der Waals surface area (Å²) in [6, 6.07) is 7.83. The number of Topliss-reactive ketones (excluding diaryl/α,β-unsaturated/α-hetero) is 1. The number of aliphatic hydroxyl groups is 1. The fourth-order valence-corrected chi connectivity index (χ4v) is 3.11. The van der Waals surface area contributed by atoms with Crippen LogP contribution in [0.1, 0.15) is 39.4 Å². The molecule has 23 heavy (non-hydrogen) atoms. The molecule has 0 spiro atoms. The van der Waals surface area contributed by atoms with E-state index >= 15 is 0 Å². The topological polar surface area (TPSA) is 79.9 Å². The number of ketones is 1. The number of aromatic amines is 1. The molecular weight excluding hydrogens is 290 g/mol. The zero-order valence-electron chi connectivity index (χ0n) is 13.7. The highest BCUT2D eigenvalue weighted by Crippen LogP contribution is 2.35. The van der Waals surface area contributed by atoms with E-state index in [0.717, 1.165) is 16.9 Å². The molecule has 0 bridgehead atoms. The number of carbonyl (C=O) groups is 1. The standard InChI is InChI=1S/C18H21N3O2/c1-11(17-14(22)8-18(2,3)9-15(17)23)19-10-16-20-12-6-4-5-7-13(12)21-16/h4-7,22H,8-10H2,1-3H3,(H,20,21)/p+1. The number of aliphatic hydroxyl groups excluding tert-OH is 1. The number of rotatable bonds is 3. The summed E-state index contributed by atoms with van der Waals surface area (Å²) in [4.78, 5) is 23.2. The van der Waals surface area contributed by atoms with Gasteiger partial charge >= 0.3 is 0 Å². The predicted molar refractivity (Wildman–Crippen MR) is 89.1 cm³/mol. The molecule has 120 valence electrons. The predicted octanol–water partition coefficient (Wildman–Crippen LogP) is 1.81. The maximum Gasteiger partial charge on any atom is 0.198 e. The maximum atomic E-state index is 12.3. The molecule has 1 aromatic carbocycles. The van der Waals surface area contributed by atoms with Crippen molar-refractivity contribution < 1.29 is 14.9 Å². The van der Waals surface area contributed by atoms with Gasteiger partial charge in [-0.3, -0.25) is 4.79 Å². The molecule has 5 heteroatoms. The SMILES string of the molecule is CC(=[NH+]Cc1nc2ccccc2[nH]1)C1=C(O)CC(C)(C)CC1=O. The quantitative estimate of drug-likeness (QED) is 0.756. The van der Waals surface area contributed by atoms with Gasteiger partial charge in [0.25, 0.3) is 0 Å². The summed E-state index contributed by atoms with van der Waals surface area (Å²) in [6.07, 6.45) is 0.980. The Morgan fingerprint density at radius 1 is 1.35 bits per heavy atom. The van der Waals surface area contributed by atoms with Crippen molar-refractivity contribution >= 4 is 22.5 Å². The second-order valence-corrected chi connectivity index (χ2v) is 6.94. The zero-order valence-corrected chi connectivity index (χ0v) is 13.7. The van der Waals surface area contributed by atoms with Gasteiger partial charge in [0, 0.05) is 19.8 Å². The number of nitrogens with one attached hydrogen (secondary N) is 2. The Morgan fingerprint density at radius 3 is 2.78 bits per heavy atom. The first kappa shape index (κ1) is 15.5. The largest absolute Gasteiger partial charge is 0.511 e. The molecule has 0 aliphatic heterocycles.